The third-order valence-electron chi connectivity index (χ3n) is 5.25. The molecule has 1 fully saturated rings. The number of ether oxygens (including phenoxy) is 2. The number of nitrogens with one attached hydrogen (secondary N) is 2. The van der Waals surface area contributed by atoms with Crippen LogP contribution in [-0.2, 0) is 4.79 Å². The van der Waals surface area contributed by atoms with Gasteiger partial charge in [0.25, 0.3) is 11.8 Å². The second kappa shape index (κ2) is 9.12. The lowest BCUT2D eigenvalue weighted by molar-refractivity contribution is -0.128. The molecule has 2 N–H and O–H groups in total. The number of benzene rings is 1. The van der Waals surface area contributed by atoms with Crippen LogP contribution in [0.3, 0.4) is 0 Å². The zero-order chi connectivity index (χ0) is 22.8. The van der Waals surface area contributed by atoms with Gasteiger partial charge in [0, 0.05) is 11.3 Å². The summed E-state index contributed by atoms with van der Waals surface area (Å²) in [6, 6.07) is 7.00. The summed E-state index contributed by atoms with van der Waals surface area (Å²) in [5.41, 5.74) is 6.62. The fraction of sp³-hybridized carbons (Fsp3) is 0.391. The van der Waals surface area contributed by atoms with Crippen molar-refractivity contribution in [2.45, 2.75) is 52.6 Å². The molecule has 0 bridgehead atoms. The predicted octanol–water partition coefficient (Wildman–Crippen LogP) is 3.81. The smallest absolute Gasteiger partial charge is 0.280 e. The Balaban J connectivity index is 1.38. The molecule has 2 aromatic heterocycles. The number of nitrogens with zero attached hydrogens (tertiary/aromatic N) is 2. The number of hydrogen-bond acceptors (Lipinski definition) is 7. The van der Waals surface area contributed by atoms with Crippen LogP contribution in [0.2, 0.25) is 0 Å². The van der Waals surface area contributed by atoms with Gasteiger partial charge in [0.15, 0.2) is 6.10 Å². The molecule has 1 atom stereocenters. The maximum Gasteiger partial charge on any atom is 0.280 e. The van der Waals surface area contributed by atoms with Crippen LogP contribution < -0.4 is 20.3 Å². The van der Waals surface area contributed by atoms with Crippen molar-refractivity contribution in [1.29, 1.82) is 0 Å². The van der Waals surface area contributed by atoms with Gasteiger partial charge in [-0.3, -0.25) is 20.4 Å². The van der Waals surface area contributed by atoms with Gasteiger partial charge < -0.3 is 9.47 Å². The Morgan fingerprint density at radius 2 is 1.81 bits per heavy atom. The minimum absolute atomic E-state index is 0.389. The van der Waals surface area contributed by atoms with E-state index in [4.69, 9.17) is 9.47 Å². The topological polar surface area (TPSA) is 102 Å². The second-order valence-electron chi connectivity index (χ2n) is 7.79. The number of aromatic nitrogens is 2. The number of fused-ring (bicyclic) bond motifs is 1. The highest BCUT2D eigenvalue weighted by atomic mass is 32.1. The van der Waals surface area contributed by atoms with Gasteiger partial charge in [-0.15, -0.1) is 11.3 Å². The summed E-state index contributed by atoms with van der Waals surface area (Å²) >= 11 is 1.32. The van der Waals surface area contributed by atoms with Crippen LogP contribution >= 0.6 is 11.3 Å². The van der Waals surface area contributed by atoms with Gasteiger partial charge in [0.2, 0.25) is 0 Å². The lowest BCUT2D eigenvalue weighted by atomic mass is 10.1. The highest BCUT2D eigenvalue weighted by Gasteiger charge is 2.28. The molecule has 9 heteroatoms. The molecule has 168 valence electrons. The largest absolute Gasteiger partial charge is 0.494 e. The molecule has 0 radical (unpaired) electrons. The SMILES string of the molecule is CCOc1ccc(OC(C)C(=O)NNC(=O)c2sc3nc(C4CC4)nc(C)c3c2C)cc1. The molecule has 2 amide bonds. The van der Waals surface area contributed by atoms with E-state index in [9.17, 15) is 9.59 Å². The molecule has 1 saturated carbocycles. The Morgan fingerprint density at radius 3 is 2.47 bits per heavy atom. The van der Waals surface area contributed by atoms with Gasteiger partial charge in [-0.05, 0) is 70.4 Å². The Hall–Kier alpha value is -3.20. The Bertz CT molecular complexity index is 1160. The van der Waals surface area contributed by atoms with Crippen molar-refractivity contribution in [2.75, 3.05) is 6.61 Å². The maximum atomic E-state index is 12.7. The van der Waals surface area contributed by atoms with Crippen molar-refractivity contribution in [3.05, 3.63) is 46.2 Å². The molecule has 1 aliphatic rings. The van der Waals surface area contributed by atoms with Gasteiger partial charge in [-0.1, -0.05) is 0 Å². The van der Waals surface area contributed by atoms with Crippen molar-refractivity contribution >= 4 is 33.4 Å². The van der Waals surface area contributed by atoms with Gasteiger partial charge in [-0.2, -0.15) is 0 Å². The molecule has 0 saturated heterocycles. The summed E-state index contributed by atoms with van der Waals surface area (Å²) < 4.78 is 11.0. The van der Waals surface area contributed by atoms with E-state index in [-0.39, 0.29) is 5.91 Å². The number of hydrogen-bond donors (Lipinski definition) is 2. The van der Waals surface area contributed by atoms with Crippen LogP contribution in [0.25, 0.3) is 10.2 Å². The first-order chi connectivity index (χ1) is 15.4. The van der Waals surface area contributed by atoms with E-state index in [1.165, 1.54) is 11.3 Å². The van der Waals surface area contributed by atoms with E-state index in [2.05, 4.69) is 20.8 Å². The van der Waals surface area contributed by atoms with Crippen LogP contribution in [0, 0.1) is 13.8 Å². The predicted molar refractivity (Wildman–Crippen MR) is 122 cm³/mol. The van der Waals surface area contributed by atoms with Crippen LogP contribution in [0.4, 0.5) is 0 Å². The minimum Gasteiger partial charge on any atom is -0.494 e. The number of aryl methyl sites for hydroxylation is 2. The number of hydrazine groups is 1. The molecule has 8 nitrogen and oxygen atoms in total. The van der Waals surface area contributed by atoms with E-state index in [0.29, 0.717) is 23.2 Å². The van der Waals surface area contributed by atoms with Gasteiger partial charge in [0.05, 0.1) is 17.2 Å². The summed E-state index contributed by atoms with van der Waals surface area (Å²) in [6.45, 7) is 7.91. The quantitative estimate of drug-likeness (QED) is 0.526. The van der Waals surface area contributed by atoms with Crippen LogP contribution in [-0.4, -0.2) is 34.5 Å². The van der Waals surface area contributed by atoms with Crippen molar-refractivity contribution < 1.29 is 19.1 Å². The molecule has 2 heterocycles. The second-order valence-corrected chi connectivity index (χ2v) is 8.78. The molecule has 1 aliphatic carbocycles. The number of rotatable bonds is 7. The first kappa shape index (κ1) is 22.0. The van der Waals surface area contributed by atoms with Gasteiger partial charge in [0.1, 0.15) is 22.2 Å². The third kappa shape index (κ3) is 4.67. The zero-order valence-corrected chi connectivity index (χ0v) is 19.3. The summed E-state index contributed by atoms with van der Waals surface area (Å²) in [6.07, 6.45) is 1.43. The zero-order valence-electron chi connectivity index (χ0n) is 18.5. The van der Waals surface area contributed by atoms with E-state index in [0.717, 1.165) is 45.9 Å². The van der Waals surface area contributed by atoms with Gasteiger partial charge >= 0.3 is 0 Å². The first-order valence-electron chi connectivity index (χ1n) is 10.6. The monoisotopic (exact) mass is 454 g/mol. The fourth-order valence-electron chi connectivity index (χ4n) is 3.42. The van der Waals surface area contributed by atoms with Gasteiger partial charge in [-0.25, -0.2) is 9.97 Å². The highest BCUT2D eigenvalue weighted by molar-refractivity contribution is 7.20. The van der Waals surface area contributed by atoms with Crippen molar-refractivity contribution in [3.63, 3.8) is 0 Å². The number of thiophene rings is 1. The van der Waals surface area contributed by atoms with Crippen LogP contribution in [0.1, 0.15) is 59.4 Å². The number of amides is 2. The van der Waals surface area contributed by atoms with E-state index in [1.807, 2.05) is 20.8 Å². The molecule has 0 aliphatic heterocycles. The maximum absolute atomic E-state index is 12.7. The lowest BCUT2D eigenvalue weighted by Gasteiger charge is -2.15. The Labute approximate surface area is 190 Å². The third-order valence-corrected chi connectivity index (χ3v) is 6.44. The Morgan fingerprint density at radius 1 is 1.12 bits per heavy atom. The first-order valence-corrected chi connectivity index (χ1v) is 11.5. The Kier molecular flexibility index (Phi) is 6.27. The lowest BCUT2D eigenvalue weighted by Crippen LogP contribution is -2.47. The fourth-order valence-corrected chi connectivity index (χ4v) is 4.55. The highest BCUT2D eigenvalue weighted by Crippen LogP contribution is 2.40. The van der Waals surface area contributed by atoms with Crippen LogP contribution in [0.15, 0.2) is 24.3 Å². The summed E-state index contributed by atoms with van der Waals surface area (Å²) in [5, 5.41) is 0.906. The number of carbonyl (C=O) groups is 2. The molecular weight excluding hydrogens is 428 g/mol. The molecule has 4 rings (SSSR count). The number of carbonyl (C=O) groups excluding carboxylic acids is 2. The summed E-state index contributed by atoms with van der Waals surface area (Å²) in [5.74, 6) is 1.71. The summed E-state index contributed by atoms with van der Waals surface area (Å²) in [4.78, 5) is 35.7. The molecule has 0 spiro atoms. The normalized spacial score (nSPS) is 14.1. The van der Waals surface area contributed by atoms with Crippen molar-refractivity contribution in [1.82, 2.24) is 20.8 Å². The average Bonchev–Trinajstić information content (AvgIpc) is 3.57. The minimum atomic E-state index is -0.800. The average molecular weight is 455 g/mol. The molecule has 3 aromatic rings. The summed E-state index contributed by atoms with van der Waals surface area (Å²) in [7, 11) is 0. The van der Waals surface area contributed by atoms with E-state index < -0.39 is 12.0 Å². The van der Waals surface area contributed by atoms with E-state index >= 15 is 0 Å². The molecule has 32 heavy (non-hydrogen) atoms. The molecule has 1 aromatic carbocycles. The van der Waals surface area contributed by atoms with Crippen molar-refractivity contribution in [3.8, 4) is 11.5 Å². The standard InChI is InChI=1S/C23H26N4O4S/c1-5-30-16-8-10-17(11-9-16)31-14(4)21(28)26-27-22(29)19-12(2)18-13(3)24-20(15-6-7-15)25-23(18)32-19/h8-11,14-15H,5-7H2,1-4H3,(H,26,28)(H,27,29). The molecule has 1 unspecified atom stereocenters. The van der Waals surface area contributed by atoms with Crippen molar-refractivity contribution in [2.24, 2.45) is 0 Å². The van der Waals surface area contributed by atoms with Crippen LogP contribution in [0.5, 0.6) is 11.5 Å². The van der Waals surface area contributed by atoms with E-state index in [1.54, 1.807) is 31.2 Å². The molecular formula is C23H26N4O4S.